The van der Waals surface area contributed by atoms with E-state index in [4.69, 9.17) is 21.1 Å². The number of carboxylic acids is 1. The Morgan fingerprint density at radius 3 is 2.52 bits per heavy atom. The zero-order chi connectivity index (χ0) is 31.0. The molecule has 3 aromatic rings. The van der Waals surface area contributed by atoms with Crippen LogP contribution in [-0.4, -0.2) is 51.2 Å². The number of nitrogens with one attached hydrogen (secondary N) is 1. The van der Waals surface area contributed by atoms with Crippen molar-refractivity contribution in [1.29, 1.82) is 0 Å². The lowest BCUT2D eigenvalue weighted by Gasteiger charge is -2.43. The average molecular weight is 655 g/mol. The Kier molecular flexibility index (Phi) is 7.33. The topological polar surface area (TPSA) is 126 Å². The molecular formula is C32H31ClN2O7S2. The largest absolute Gasteiger partial charge is 0.493 e. The number of benzene rings is 2. The van der Waals surface area contributed by atoms with Gasteiger partial charge in [0.1, 0.15) is 12.6 Å². The van der Waals surface area contributed by atoms with E-state index in [2.05, 4.69) is 4.98 Å². The highest BCUT2D eigenvalue weighted by Gasteiger charge is 2.70. The third kappa shape index (κ3) is 4.49. The number of carbonyl (C=O) groups excluding carboxylic acids is 2. The summed E-state index contributed by atoms with van der Waals surface area (Å²) in [4.78, 5) is 57.3. The summed E-state index contributed by atoms with van der Waals surface area (Å²) in [6.45, 7) is 3.74. The molecule has 9 nitrogen and oxygen atoms in total. The number of thioether (sulfide) groups is 1. The summed E-state index contributed by atoms with van der Waals surface area (Å²) < 4.78 is 11.9. The number of methoxy groups -OCH3 is 1. The quantitative estimate of drug-likeness (QED) is 0.315. The van der Waals surface area contributed by atoms with Gasteiger partial charge in [0.25, 0.3) is 0 Å². The van der Waals surface area contributed by atoms with E-state index in [1.54, 1.807) is 38.8 Å². The second-order valence-corrected chi connectivity index (χ2v) is 15.0. The smallest absolute Gasteiger partial charge is 0.327 e. The molecule has 0 spiro atoms. The number of aliphatic carboxylic acids is 1. The van der Waals surface area contributed by atoms with Crippen molar-refractivity contribution in [3.8, 4) is 11.5 Å². The predicted molar refractivity (Wildman–Crippen MR) is 165 cm³/mol. The van der Waals surface area contributed by atoms with Gasteiger partial charge < -0.3 is 19.6 Å². The number of carboxylic acid groups (broad SMARTS) is 1. The summed E-state index contributed by atoms with van der Waals surface area (Å²) in [5.41, 5.74) is 1.86. The van der Waals surface area contributed by atoms with Gasteiger partial charge in [-0.1, -0.05) is 55.0 Å². The number of halogens is 1. The molecule has 0 radical (unpaired) electrons. The van der Waals surface area contributed by atoms with Gasteiger partial charge in [0.2, 0.25) is 11.8 Å². The van der Waals surface area contributed by atoms with Crippen molar-refractivity contribution in [3.63, 3.8) is 0 Å². The first-order valence-corrected chi connectivity index (χ1v) is 16.7. The fourth-order valence-electron chi connectivity index (χ4n) is 8.17. The first-order chi connectivity index (χ1) is 21.1. The minimum absolute atomic E-state index is 0.00669. The molecule has 2 N–H and O–H groups in total. The maximum absolute atomic E-state index is 13.9. The molecule has 2 aliphatic carbocycles. The van der Waals surface area contributed by atoms with Crippen molar-refractivity contribution in [2.45, 2.75) is 49.1 Å². The molecule has 8 atom stereocenters. The Bertz CT molecular complexity index is 1740. The van der Waals surface area contributed by atoms with E-state index in [-0.39, 0.29) is 45.6 Å². The molecule has 2 saturated carbocycles. The van der Waals surface area contributed by atoms with Crippen LogP contribution in [0, 0.1) is 35.5 Å². The first kappa shape index (κ1) is 29.4. The van der Waals surface area contributed by atoms with Crippen LogP contribution >= 0.6 is 34.7 Å². The number of amides is 2. The number of hydrogen-bond acceptors (Lipinski definition) is 8. The standard InChI is InChI=1S/C32H31ClN2O7S2/c1-13(2)25(31(38)39)35-29(36)23-17-11-18(24(23)30(35)37)26-22(17)21(27-28(43-26)34-32(40)44-27)15-7-8-19(20(10-15)41-3)42-12-14-5-4-6-16(33)9-14/h4-10,13,17-18,21-26H,11-12H2,1-3H3,(H,34,40)(H,38,39)/t17?,18?,21-,22?,23?,24?,25?,26?/m1/s1. The molecule has 7 unspecified atom stereocenters. The van der Waals surface area contributed by atoms with Crippen LogP contribution in [0.1, 0.15) is 42.2 Å². The van der Waals surface area contributed by atoms with Gasteiger partial charge in [0.05, 0.1) is 24.0 Å². The van der Waals surface area contributed by atoms with Crippen molar-refractivity contribution >= 4 is 52.5 Å². The molecule has 12 heteroatoms. The van der Waals surface area contributed by atoms with E-state index in [1.165, 1.54) is 11.3 Å². The van der Waals surface area contributed by atoms with Gasteiger partial charge >= 0.3 is 10.8 Å². The number of aromatic amines is 1. The highest BCUT2D eigenvalue weighted by Crippen LogP contribution is 2.68. The summed E-state index contributed by atoms with van der Waals surface area (Å²) in [5, 5.41) is 11.4. The number of likely N-dealkylation sites (tertiary alicyclic amines) is 1. The number of imide groups is 1. The summed E-state index contributed by atoms with van der Waals surface area (Å²) in [6, 6.07) is 12.0. The Morgan fingerprint density at radius 2 is 1.84 bits per heavy atom. The van der Waals surface area contributed by atoms with Crippen LogP contribution in [0.5, 0.6) is 11.5 Å². The molecule has 1 aromatic heterocycles. The monoisotopic (exact) mass is 654 g/mol. The fraction of sp³-hybridized carbons (Fsp3) is 0.438. The number of carbonyl (C=O) groups is 3. The van der Waals surface area contributed by atoms with E-state index in [0.717, 1.165) is 32.4 Å². The lowest BCUT2D eigenvalue weighted by Crippen LogP contribution is -2.49. The van der Waals surface area contributed by atoms with Crippen molar-refractivity contribution in [1.82, 2.24) is 9.88 Å². The van der Waals surface area contributed by atoms with Gasteiger partial charge in [-0.25, -0.2) is 4.79 Å². The van der Waals surface area contributed by atoms with Crippen molar-refractivity contribution in [3.05, 3.63) is 73.2 Å². The number of hydrogen-bond donors (Lipinski definition) is 2. The molecule has 7 rings (SSSR count). The molecule has 2 amide bonds. The van der Waals surface area contributed by atoms with Crippen LogP contribution in [0.4, 0.5) is 0 Å². The van der Waals surface area contributed by atoms with Crippen LogP contribution in [0.25, 0.3) is 0 Å². The second kappa shape index (κ2) is 11.0. The fourth-order valence-corrected chi connectivity index (χ4v) is 11.3. The van der Waals surface area contributed by atoms with Crippen LogP contribution in [-0.2, 0) is 21.0 Å². The molecule has 1 saturated heterocycles. The van der Waals surface area contributed by atoms with Gasteiger partial charge in [0.15, 0.2) is 11.5 Å². The molecule has 2 bridgehead atoms. The Balaban J connectivity index is 1.24. The van der Waals surface area contributed by atoms with Gasteiger partial charge in [-0.2, -0.15) is 0 Å². The molecule has 3 heterocycles. The van der Waals surface area contributed by atoms with E-state index in [9.17, 15) is 24.3 Å². The lowest BCUT2D eigenvalue weighted by atomic mass is 9.68. The lowest BCUT2D eigenvalue weighted by molar-refractivity contribution is -0.157. The molecule has 2 aliphatic heterocycles. The van der Waals surface area contributed by atoms with E-state index < -0.39 is 29.8 Å². The van der Waals surface area contributed by atoms with Gasteiger partial charge in [-0.05, 0) is 65.5 Å². The van der Waals surface area contributed by atoms with Crippen molar-refractivity contribution < 1.29 is 29.0 Å². The van der Waals surface area contributed by atoms with Crippen LogP contribution in [0.15, 0.2) is 52.3 Å². The van der Waals surface area contributed by atoms with Gasteiger partial charge in [-0.15, -0.1) is 11.8 Å². The Labute approximate surface area is 266 Å². The normalized spacial score (nSPS) is 29.0. The maximum atomic E-state index is 13.9. The summed E-state index contributed by atoms with van der Waals surface area (Å²) in [7, 11) is 1.58. The Morgan fingerprint density at radius 1 is 1.09 bits per heavy atom. The number of H-pyrrole nitrogens is 1. The number of fused-ring (bicyclic) bond motifs is 9. The molecule has 230 valence electrons. The van der Waals surface area contributed by atoms with Crippen LogP contribution in [0.2, 0.25) is 5.02 Å². The van der Waals surface area contributed by atoms with Gasteiger partial charge in [0, 0.05) is 21.1 Å². The van der Waals surface area contributed by atoms with Crippen molar-refractivity contribution in [2.75, 3.05) is 7.11 Å². The molecule has 4 aliphatic rings. The molecule has 44 heavy (non-hydrogen) atoms. The van der Waals surface area contributed by atoms with Gasteiger partial charge in [-0.3, -0.25) is 19.3 Å². The number of thiazole rings is 1. The van der Waals surface area contributed by atoms with Crippen LogP contribution in [0.3, 0.4) is 0 Å². The minimum atomic E-state index is -1.19. The molecule has 3 fully saturated rings. The van der Waals surface area contributed by atoms with E-state index in [1.807, 2.05) is 36.4 Å². The number of ether oxygens (including phenoxy) is 2. The molecule has 2 aromatic carbocycles. The molecular weight excluding hydrogens is 624 g/mol. The summed E-state index contributed by atoms with van der Waals surface area (Å²) >= 11 is 8.91. The minimum Gasteiger partial charge on any atom is -0.493 e. The zero-order valence-electron chi connectivity index (χ0n) is 24.2. The number of rotatable bonds is 8. The number of nitrogens with zero attached hydrogens (tertiary/aromatic N) is 1. The van der Waals surface area contributed by atoms with Crippen molar-refractivity contribution in [2.24, 2.45) is 35.5 Å². The maximum Gasteiger partial charge on any atom is 0.327 e. The SMILES string of the molecule is COc1cc([C@H]2c3sc(=O)[nH]c3SC3C4CC(C5C(=O)N(C(C(=O)O)C(C)C)C(=O)C45)C32)ccc1OCc1cccc(Cl)c1. The predicted octanol–water partition coefficient (Wildman–Crippen LogP) is 5.26. The summed E-state index contributed by atoms with van der Waals surface area (Å²) in [6.07, 6.45) is 0.718. The highest BCUT2D eigenvalue weighted by molar-refractivity contribution is 8.00. The summed E-state index contributed by atoms with van der Waals surface area (Å²) in [5.74, 6) is -2.73. The second-order valence-electron chi connectivity index (χ2n) is 12.4. The van der Waals surface area contributed by atoms with E-state index >= 15 is 0 Å². The third-order valence-electron chi connectivity index (χ3n) is 9.75. The Hall–Kier alpha value is -3.28. The number of aromatic nitrogens is 1. The van der Waals surface area contributed by atoms with E-state index in [0.29, 0.717) is 23.1 Å². The highest BCUT2D eigenvalue weighted by atomic mass is 35.5. The average Bonchev–Trinajstić information content (AvgIpc) is 3.71. The third-order valence-corrected chi connectivity index (χ3v) is 12.6. The first-order valence-electron chi connectivity index (χ1n) is 14.6. The van der Waals surface area contributed by atoms with Crippen LogP contribution < -0.4 is 14.3 Å². The zero-order valence-corrected chi connectivity index (χ0v) is 26.6.